The lowest BCUT2D eigenvalue weighted by molar-refractivity contribution is -0.137. The number of amides is 3. The van der Waals surface area contributed by atoms with E-state index in [9.17, 15) is 22.8 Å². The van der Waals surface area contributed by atoms with Crippen molar-refractivity contribution in [1.82, 2.24) is 16.0 Å². The van der Waals surface area contributed by atoms with Gasteiger partial charge < -0.3 is 21.1 Å². The summed E-state index contributed by atoms with van der Waals surface area (Å²) < 4.78 is 21.5. The number of nitrogens with one attached hydrogen (secondary N) is 3. The molecule has 0 aliphatic carbocycles. The molecule has 0 aromatic rings. The monoisotopic (exact) mass is 281 g/mol. The van der Waals surface area contributed by atoms with Crippen LogP contribution < -0.4 is 16.0 Å². The minimum absolute atomic E-state index is 0.0680. The first-order valence-corrected chi connectivity index (χ1v) is 6.94. The summed E-state index contributed by atoms with van der Waals surface area (Å²) in [7, 11) is -3.16. The summed E-state index contributed by atoms with van der Waals surface area (Å²) in [5.74, 6) is -2.05. The standard InChI is InChI=1S/C8H15N3O6S/c1-18(16,17)3-2-9-8(15)11-4-6(12)10-5-7(13)14/h2-5H2,1H3,(H,10,12)(H,13,14)(H2,9,11,15). The smallest absolute Gasteiger partial charge is 0.322 e. The van der Waals surface area contributed by atoms with Gasteiger partial charge in [-0.15, -0.1) is 0 Å². The quantitative estimate of drug-likeness (QED) is 0.407. The van der Waals surface area contributed by atoms with Gasteiger partial charge in [0.1, 0.15) is 16.4 Å². The van der Waals surface area contributed by atoms with Crippen LogP contribution in [0.1, 0.15) is 0 Å². The molecule has 0 unspecified atom stereocenters. The summed E-state index contributed by atoms with van der Waals surface area (Å²) in [4.78, 5) is 32.1. The van der Waals surface area contributed by atoms with Crippen LogP contribution in [-0.4, -0.2) is 63.1 Å². The lowest BCUT2D eigenvalue weighted by Gasteiger charge is -2.06. The molecule has 0 saturated heterocycles. The third kappa shape index (κ3) is 10.7. The van der Waals surface area contributed by atoms with Crippen LogP contribution in [0.3, 0.4) is 0 Å². The number of sulfone groups is 1. The zero-order valence-corrected chi connectivity index (χ0v) is 10.5. The maximum absolute atomic E-state index is 11.1. The molecule has 0 saturated carbocycles. The fourth-order valence-electron chi connectivity index (χ4n) is 0.810. The first-order chi connectivity index (χ1) is 8.20. The highest BCUT2D eigenvalue weighted by Gasteiger charge is 2.07. The second kappa shape index (κ2) is 7.48. The van der Waals surface area contributed by atoms with Crippen LogP contribution in [0.2, 0.25) is 0 Å². The van der Waals surface area contributed by atoms with E-state index in [0.29, 0.717) is 0 Å². The van der Waals surface area contributed by atoms with E-state index in [4.69, 9.17) is 5.11 Å². The zero-order chi connectivity index (χ0) is 14.2. The second-order valence-corrected chi connectivity index (χ2v) is 5.67. The van der Waals surface area contributed by atoms with E-state index in [-0.39, 0.29) is 12.3 Å². The van der Waals surface area contributed by atoms with Crippen molar-refractivity contribution >= 4 is 27.7 Å². The molecule has 4 N–H and O–H groups in total. The van der Waals surface area contributed by atoms with Gasteiger partial charge in [-0.2, -0.15) is 0 Å². The Labute approximate surface area is 104 Å². The van der Waals surface area contributed by atoms with E-state index in [1.54, 1.807) is 0 Å². The van der Waals surface area contributed by atoms with Crippen LogP contribution in [-0.2, 0) is 19.4 Å². The van der Waals surface area contributed by atoms with Crippen molar-refractivity contribution in [2.45, 2.75) is 0 Å². The largest absolute Gasteiger partial charge is 0.480 e. The van der Waals surface area contributed by atoms with Gasteiger partial charge in [-0.05, 0) is 0 Å². The topological polar surface area (TPSA) is 142 Å². The van der Waals surface area contributed by atoms with E-state index >= 15 is 0 Å². The molecule has 0 radical (unpaired) electrons. The molecule has 0 rings (SSSR count). The minimum Gasteiger partial charge on any atom is -0.480 e. The summed E-state index contributed by atoms with van der Waals surface area (Å²) in [6.07, 6.45) is 1.03. The number of aliphatic carboxylic acids is 1. The zero-order valence-electron chi connectivity index (χ0n) is 9.73. The van der Waals surface area contributed by atoms with Gasteiger partial charge in [-0.25, -0.2) is 13.2 Å². The lowest BCUT2D eigenvalue weighted by Crippen LogP contribution is -2.44. The molecule has 3 amide bonds. The highest BCUT2D eigenvalue weighted by molar-refractivity contribution is 7.90. The highest BCUT2D eigenvalue weighted by Crippen LogP contribution is 1.79. The van der Waals surface area contributed by atoms with Gasteiger partial charge in [0.05, 0.1) is 12.3 Å². The SMILES string of the molecule is CS(=O)(=O)CCNC(=O)NCC(=O)NCC(=O)O. The summed E-state index contributed by atoms with van der Waals surface area (Å²) >= 11 is 0. The lowest BCUT2D eigenvalue weighted by atomic mass is 10.5. The molecule has 0 fully saturated rings. The van der Waals surface area contributed by atoms with Gasteiger partial charge in [-0.3, -0.25) is 9.59 Å². The van der Waals surface area contributed by atoms with E-state index in [2.05, 4.69) is 10.6 Å². The van der Waals surface area contributed by atoms with Gasteiger partial charge in [0.15, 0.2) is 0 Å². The number of carbonyl (C=O) groups excluding carboxylic acids is 2. The Morgan fingerprint density at radius 2 is 1.67 bits per heavy atom. The predicted octanol–water partition coefficient (Wildman–Crippen LogP) is -2.47. The normalized spacial score (nSPS) is 10.5. The van der Waals surface area contributed by atoms with Crippen molar-refractivity contribution in [1.29, 1.82) is 0 Å². The number of hydrogen-bond donors (Lipinski definition) is 4. The number of carbonyl (C=O) groups is 3. The van der Waals surface area contributed by atoms with E-state index in [0.717, 1.165) is 6.26 Å². The van der Waals surface area contributed by atoms with Crippen molar-refractivity contribution in [2.75, 3.05) is 31.6 Å². The number of carboxylic acids is 1. The maximum atomic E-state index is 11.1. The Hall–Kier alpha value is -1.84. The van der Waals surface area contributed by atoms with Gasteiger partial charge in [-0.1, -0.05) is 0 Å². The van der Waals surface area contributed by atoms with Gasteiger partial charge in [0.2, 0.25) is 5.91 Å². The third-order valence-corrected chi connectivity index (χ3v) is 2.55. The Bertz CT molecular complexity index is 419. The van der Waals surface area contributed by atoms with E-state index in [1.807, 2.05) is 5.32 Å². The summed E-state index contributed by atoms with van der Waals surface area (Å²) in [6, 6.07) is -0.705. The Balaban J connectivity index is 3.70. The Morgan fingerprint density at radius 1 is 1.06 bits per heavy atom. The van der Waals surface area contributed by atoms with Crippen LogP contribution in [0.5, 0.6) is 0 Å². The number of urea groups is 1. The fourth-order valence-corrected chi connectivity index (χ4v) is 1.28. The number of carboxylic acid groups (broad SMARTS) is 1. The van der Waals surface area contributed by atoms with Crippen LogP contribution in [0.4, 0.5) is 4.79 Å². The van der Waals surface area contributed by atoms with Crippen molar-refractivity contribution < 1.29 is 27.9 Å². The number of hydrogen-bond acceptors (Lipinski definition) is 5. The Kier molecular flexibility index (Phi) is 6.71. The van der Waals surface area contributed by atoms with Crippen LogP contribution in [0.15, 0.2) is 0 Å². The van der Waals surface area contributed by atoms with Gasteiger partial charge in [0.25, 0.3) is 0 Å². The van der Waals surface area contributed by atoms with Gasteiger partial charge >= 0.3 is 12.0 Å². The van der Waals surface area contributed by atoms with Crippen LogP contribution in [0, 0.1) is 0 Å². The van der Waals surface area contributed by atoms with E-state index in [1.165, 1.54) is 0 Å². The highest BCUT2D eigenvalue weighted by atomic mass is 32.2. The molecule has 0 atom stereocenters. The fraction of sp³-hybridized carbons (Fsp3) is 0.625. The molecule has 10 heteroatoms. The maximum Gasteiger partial charge on any atom is 0.322 e. The third-order valence-electron chi connectivity index (χ3n) is 1.60. The average Bonchev–Trinajstić information content (AvgIpc) is 2.21. The molecule has 18 heavy (non-hydrogen) atoms. The molecular formula is C8H15N3O6S. The molecule has 0 aliphatic heterocycles. The molecule has 0 spiro atoms. The van der Waals surface area contributed by atoms with Crippen LogP contribution in [0.25, 0.3) is 0 Å². The minimum atomic E-state index is -3.16. The molecule has 9 nitrogen and oxygen atoms in total. The molecule has 0 heterocycles. The van der Waals surface area contributed by atoms with Crippen molar-refractivity contribution in [3.63, 3.8) is 0 Å². The molecule has 0 aromatic heterocycles. The second-order valence-electron chi connectivity index (χ2n) is 3.41. The average molecular weight is 281 g/mol. The van der Waals surface area contributed by atoms with Crippen LogP contribution >= 0.6 is 0 Å². The first kappa shape index (κ1) is 16.2. The van der Waals surface area contributed by atoms with Crippen molar-refractivity contribution in [3.8, 4) is 0 Å². The molecule has 0 bridgehead atoms. The van der Waals surface area contributed by atoms with Crippen molar-refractivity contribution in [3.05, 3.63) is 0 Å². The van der Waals surface area contributed by atoms with E-state index < -0.39 is 40.8 Å². The van der Waals surface area contributed by atoms with Crippen molar-refractivity contribution in [2.24, 2.45) is 0 Å². The summed E-state index contributed by atoms with van der Waals surface area (Å²) in [5, 5.41) is 14.7. The molecular weight excluding hydrogens is 266 g/mol. The molecule has 0 aliphatic rings. The number of rotatable bonds is 7. The van der Waals surface area contributed by atoms with Gasteiger partial charge in [0, 0.05) is 12.8 Å². The first-order valence-electron chi connectivity index (χ1n) is 4.88. The summed E-state index contributed by atoms with van der Waals surface area (Å²) in [5.41, 5.74) is 0. The molecule has 0 aromatic carbocycles. The predicted molar refractivity (Wildman–Crippen MR) is 61.8 cm³/mol. The molecule has 104 valence electrons. The Morgan fingerprint density at radius 3 is 2.17 bits per heavy atom. The summed E-state index contributed by atoms with van der Waals surface area (Å²) in [6.45, 7) is -0.990.